The number of ether oxygens (including phenoxy) is 2. The number of hydrogen-bond acceptors (Lipinski definition) is 5. The third-order valence-electron chi connectivity index (χ3n) is 7.38. The first-order valence-corrected chi connectivity index (χ1v) is 17.5. The van der Waals surface area contributed by atoms with Gasteiger partial charge in [-0.3, -0.25) is 9.59 Å². The number of carbonyl (C=O) groups is 2. The molecule has 0 saturated carbocycles. The number of allylic oxidation sites excluding steroid dienone is 6. The van der Waals surface area contributed by atoms with E-state index in [9.17, 15) is 14.7 Å². The van der Waals surface area contributed by atoms with Crippen LogP contribution in [0.25, 0.3) is 0 Å². The molecule has 0 aliphatic heterocycles. The highest BCUT2D eigenvalue weighted by molar-refractivity contribution is 5.69. The van der Waals surface area contributed by atoms with E-state index in [1.807, 2.05) is 0 Å². The van der Waals surface area contributed by atoms with Crippen molar-refractivity contribution >= 4 is 11.9 Å². The average molecular weight is 591 g/mol. The Morgan fingerprint density at radius 2 is 0.833 bits per heavy atom. The molecule has 1 atom stereocenters. The largest absolute Gasteiger partial charge is 0.463 e. The molecule has 0 bridgehead atoms. The maximum Gasteiger partial charge on any atom is 0.305 e. The predicted molar refractivity (Wildman–Crippen MR) is 178 cm³/mol. The summed E-state index contributed by atoms with van der Waals surface area (Å²) in [5, 5.41) is 9.96. The van der Waals surface area contributed by atoms with Crippen LogP contribution in [0.3, 0.4) is 0 Å². The summed E-state index contributed by atoms with van der Waals surface area (Å²) in [7, 11) is 0. The lowest BCUT2D eigenvalue weighted by Gasteiger charge is -2.12. The fraction of sp³-hybridized carbons (Fsp3) is 0.784. The maximum atomic E-state index is 11.9. The topological polar surface area (TPSA) is 72.8 Å². The average Bonchev–Trinajstić information content (AvgIpc) is 2.99. The summed E-state index contributed by atoms with van der Waals surface area (Å²) >= 11 is 0. The first kappa shape index (κ1) is 40.1. The first-order chi connectivity index (χ1) is 20.6. The van der Waals surface area contributed by atoms with E-state index < -0.39 is 6.10 Å². The number of carbonyl (C=O) groups excluding carboxylic acids is 2. The molecule has 0 unspecified atom stereocenters. The predicted octanol–water partition coefficient (Wildman–Crippen LogP) is 10.5. The van der Waals surface area contributed by atoms with Crippen LogP contribution in [0.1, 0.15) is 168 Å². The van der Waals surface area contributed by atoms with Crippen LogP contribution in [0.2, 0.25) is 0 Å². The van der Waals surface area contributed by atoms with Crippen molar-refractivity contribution in [3.05, 3.63) is 36.5 Å². The minimum absolute atomic E-state index is 0.126. The fourth-order valence-corrected chi connectivity index (χ4v) is 4.68. The lowest BCUT2D eigenvalue weighted by atomic mass is 10.0. The van der Waals surface area contributed by atoms with Gasteiger partial charge in [0.15, 0.2) is 0 Å². The SMILES string of the molecule is CCCCC/C=C\C/C=C\C/C=C\CCCCC(=O)OC[C@H](O)COC(=O)CCCCCCCCCCCCCCC. The minimum atomic E-state index is -0.975. The van der Waals surface area contributed by atoms with Crippen molar-refractivity contribution in [2.24, 2.45) is 0 Å². The van der Waals surface area contributed by atoms with E-state index >= 15 is 0 Å². The van der Waals surface area contributed by atoms with Crippen LogP contribution in [0.15, 0.2) is 36.5 Å². The highest BCUT2D eigenvalue weighted by Crippen LogP contribution is 2.13. The van der Waals surface area contributed by atoms with Crippen LogP contribution in [0, 0.1) is 0 Å². The number of esters is 2. The van der Waals surface area contributed by atoms with Crippen molar-refractivity contribution in [2.45, 2.75) is 174 Å². The van der Waals surface area contributed by atoms with Crippen LogP contribution in [-0.2, 0) is 19.1 Å². The van der Waals surface area contributed by atoms with E-state index in [4.69, 9.17) is 9.47 Å². The Hall–Kier alpha value is -1.88. The van der Waals surface area contributed by atoms with Crippen LogP contribution in [0.4, 0.5) is 0 Å². The Balaban J connectivity index is 3.51. The molecule has 0 aromatic rings. The molecule has 0 fully saturated rings. The molecule has 0 aliphatic carbocycles. The van der Waals surface area contributed by atoms with E-state index in [1.165, 1.54) is 89.9 Å². The second-order valence-electron chi connectivity index (χ2n) is 11.6. The number of rotatable bonds is 31. The molecule has 0 aliphatic rings. The minimum Gasteiger partial charge on any atom is -0.463 e. The molecule has 0 saturated heterocycles. The molecule has 0 aromatic heterocycles. The summed E-state index contributed by atoms with van der Waals surface area (Å²) in [6.45, 7) is 4.23. The zero-order chi connectivity index (χ0) is 30.8. The number of unbranched alkanes of at least 4 members (excludes halogenated alkanes) is 17. The number of aliphatic hydroxyl groups is 1. The molecule has 0 radical (unpaired) electrons. The Kier molecular flexibility index (Phi) is 32.1. The number of aliphatic hydroxyl groups excluding tert-OH is 1. The summed E-state index contributed by atoms with van der Waals surface area (Å²) < 4.78 is 10.3. The van der Waals surface area contributed by atoms with Gasteiger partial charge in [0.25, 0.3) is 0 Å². The van der Waals surface area contributed by atoms with E-state index in [1.54, 1.807) is 0 Å². The van der Waals surface area contributed by atoms with Crippen molar-refractivity contribution in [2.75, 3.05) is 13.2 Å². The fourth-order valence-electron chi connectivity index (χ4n) is 4.68. The molecule has 0 amide bonds. The summed E-state index contributed by atoms with van der Waals surface area (Å²) in [4.78, 5) is 23.8. The summed E-state index contributed by atoms with van der Waals surface area (Å²) in [5.74, 6) is -0.608. The molecular formula is C37H66O5. The Morgan fingerprint density at radius 1 is 0.500 bits per heavy atom. The molecule has 42 heavy (non-hydrogen) atoms. The molecule has 0 aromatic carbocycles. The van der Waals surface area contributed by atoms with Gasteiger partial charge in [-0.2, -0.15) is 0 Å². The van der Waals surface area contributed by atoms with Crippen LogP contribution < -0.4 is 0 Å². The van der Waals surface area contributed by atoms with Gasteiger partial charge in [-0.05, 0) is 51.4 Å². The molecular weight excluding hydrogens is 524 g/mol. The Morgan fingerprint density at radius 3 is 1.29 bits per heavy atom. The van der Waals surface area contributed by atoms with E-state index in [0.29, 0.717) is 12.8 Å². The third-order valence-corrected chi connectivity index (χ3v) is 7.38. The van der Waals surface area contributed by atoms with Crippen LogP contribution >= 0.6 is 0 Å². The smallest absolute Gasteiger partial charge is 0.305 e. The Labute approximate surface area is 259 Å². The summed E-state index contributed by atoms with van der Waals surface area (Å²) in [5.41, 5.74) is 0. The lowest BCUT2D eigenvalue weighted by Crippen LogP contribution is -2.25. The number of hydrogen-bond donors (Lipinski definition) is 1. The van der Waals surface area contributed by atoms with E-state index in [0.717, 1.165) is 51.4 Å². The lowest BCUT2D eigenvalue weighted by molar-refractivity contribution is -0.152. The highest BCUT2D eigenvalue weighted by Gasteiger charge is 2.12. The second kappa shape index (κ2) is 33.6. The Bertz CT molecular complexity index is 682. The van der Waals surface area contributed by atoms with Crippen molar-refractivity contribution < 1.29 is 24.2 Å². The van der Waals surface area contributed by atoms with Crippen molar-refractivity contribution in [3.63, 3.8) is 0 Å². The third kappa shape index (κ3) is 32.6. The van der Waals surface area contributed by atoms with Crippen LogP contribution in [-0.4, -0.2) is 36.4 Å². The van der Waals surface area contributed by atoms with Gasteiger partial charge in [-0.25, -0.2) is 0 Å². The zero-order valence-electron chi connectivity index (χ0n) is 27.5. The standard InChI is InChI=1S/C37H66O5/c1-3-5-7-9-11-13-15-17-18-20-22-24-26-28-30-32-37(40)42-34-35(38)33-41-36(39)31-29-27-25-23-21-19-16-14-12-10-8-6-4-2/h11,13,17-18,22,24,35,38H,3-10,12,14-16,19-21,23,25-34H2,1-2H3/b13-11-,18-17-,24-22-/t35-/m1/s1. The van der Waals surface area contributed by atoms with Crippen molar-refractivity contribution in [1.29, 1.82) is 0 Å². The molecule has 5 nitrogen and oxygen atoms in total. The van der Waals surface area contributed by atoms with Gasteiger partial charge in [-0.1, -0.05) is 140 Å². The van der Waals surface area contributed by atoms with Gasteiger partial charge in [-0.15, -0.1) is 0 Å². The maximum absolute atomic E-state index is 11.9. The summed E-state index contributed by atoms with van der Waals surface area (Å²) in [6.07, 6.45) is 39.0. The molecule has 0 spiro atoms. The first-order valence-electron chi connectivity index (χ1n) is 17.5. The molecule has 0 rings (SSSR count). The van der Waals surface area contributed by atoms with Gasteiger partial charge in [0.2, 0.25) is 0 Å². The molecule has 0 heterocycles. The van der Waals surface area contributed by atoms with Gasteiger partial charge < -0.3 is 14.6 Å². The second-order valence-corrected chi connectivity index (χ2v) is 11.6. The van der Waals surface area contributed by atoms with Crippen LogP contribution in [0.5, 0.6) is 0 Å². The monoisotopic (exact) mass is 590 g/mol. The van der Waals surface area contributed by atoms with Gasteiger partial charge in [0.05, 0.1) is 0 Å². The molecule has 1 N–H and O–H groups in total. The highest BCUT2D eigenvalue weighted by atomic mass is 16.6. The van der Waals surface area contributed by atoms with Gasteiger partial charge in [0, 0.05) is 12.8 Å². The molecule has 244 valence electrons. The quantitative estimate of drug-likeness (QED) is 0.0494. The van der Waals surface area contributed by atoms with Gasteiger partial charge in [0.1, 0.15) is 19.3 Å². The van der Waals surface area contributed by atoms with E-state index in [2.05, 4.69) is 50.3 Å². The zero-order valence-corrected chi connectivity index (χ0v) is 27.5. The molecule has 5 heteroatoms. The van der Waals surface area contributed by atoms with E-state index in [-0.39, 0.29) is 25.2 Å². The van der Waals surface area contributed by atoms with Crippen molar-refractivity contribution in [3.8, 4) is 0 Å². The van der Waals surface area contributed by atoms with Gasteiger partial charge >= 0.3 is 11.9 Å². The van der Waals surface area contributed by atoms with Crippen molar-refractivity contribution in [1.82, 2.24) is 0 Å². The summed E-state index contributed by atoms with van der Waals surface area (Å²) in [6, 6.07) is 0. The normalized spacial score (nSPS) is 12.5.